The molecule has 22 heteroatoms. The summed E-state index contributed by atoms with van der Waals surface area (Å²) in [6.07, 6.45) is 34.6. The largest absolute Gasteiger partial charge is 0.493 e. The van der Waals surface area contributed by atoms with E-state index in [-0.39, 0.29) is 0 Å². The van der Waals surface area contributed by atoms with E-state index in [1.165, 1.54) is 114 Å². The van der Waals surface area contributed by atoms with Crippen molar-refractivity contribution in [1.82, 2.24) is 19.9 Å². The second-order valence-electron chi connectivity index (χ2n) is 36.2. The Kier molecular flexibility index (Phi) is 28.7. The molecular weight excluding hydrogens is 1660 g/mol. The third-order valence-corrected chi connectivity index (χ3v) is 27.1. The molecule has 20 rings (SSSR count). The van der Waals surface area contributed by atoms with E-state index < -0.39 is 23.9 Å². The van der Waals surface area contributed by atoms with Crippen LogP contribution in [-0.4, -0.2) is 132 Å². The number of aryl methyl sites for hydroxylation is 4. The van der Waals surface area contributed by atoms with E-state index in [0.29, 0.717) is 104 Å². The molecule has 0 amide bonds. The Morgan fingerprint density at radius 2 is 0.629 bits per heavy atom. The number of nitrogens with zero attached hydrogens (tertiary/aromatic N) is 8. The molecule has 0 unspecified atom stereocenters. The number of anilines is 8. The first-order valence-electron chi connectivity index (χ1n) is 46.7. The SMILES string of the molecule is CN(c1ccc(C2CC2)cc1)c1ccc2c(c1)OCC[C@H]2CCc1cnccc1C(=O)O.CN(c1ccc(CC2CC2)cc1)c1ccc2c(c1)OCC[C@H]2CCc1cnccc1C(=O)O.CN(c1ccc(OC2CC2)cc1)c1ccc2c(c1)OCC[C@H]2CCc1cnccc1C(=O)O.CN(c1ccc(OCC2CC2)cc1)c1ccc2c(c1)OCC[C@H]2CCc1cnccc1C(=O)O. The maximum atomic E-state index is 11.5. The van der Waals surface area contributed by atoms with Crippen LogP contribution in [0.1, 0.15) is 229 Å². The molecule has 4 atom stereocenters. The van der Waals surface area contributed by atoms with Crippen molar-refractivity contribution in [3.05, 3.63) is 322 Å². The minimum atomic E-state index is -0.903. The van der Waals surface area contributed by atoms with Gasteiger partial charge in [-0.15, -0.1) is 0 Å². The first kappa shape index (κ1) is 90.2. The van der Waals surface area contributed by atoms with Gasteiger partial charge in [0.15, 0.2) is 0 Å². The van der Waals surface area contributed by atoms with E-state index in [2.05, 4.69) is 213 Å². The van der Waals surface area contributed by atoms with Crippen LogP contribution in [-0.2, 0) is 32.1 Å². The van der Waals surface area contributed by atoms with Crippen LogP contribution in [0.15, 0.2) is 244 Å². The summed E-state index contributed by atoms with van der Waals surface area (Å²) in [5, 5.41) is 37.7. The molecule has 8 aliphatic rings. The van der Waals surface area contributed by atoms with Gasteiger partial charge in [-0.3, -0.25) is 19.9 Å². The first-order valence-corrected chi connectivity index (χ1v) is 46.7. The fourth-order valence-corrected chi connectivity index (χ4v) is 18.4. The summed E-state index contributed by atoms with van der Waals surface area (Å²) in [5.41, 5.74) is 21.0. The number of hydrogen-bond donors (Lipinski definition) is 4. The number of aromatic nitrogens is 4. The molecule has 0 saturated heterocycles. The van der Waals surface area contributed by atoms with Crippen molar-refractivity contribution >= 4 is 69.4 Å². The van der Waals surface area contributed by atoms with Gasteiger partial charge in [-0.25, -0.2) is 19.2 Å². The maximum Gasteiger partial charge on any atom is 0.336 e. The molecule has 4 fully saturated rings. The summed E-state index contributed by atoms with van der Waals surface area (Å²) in [7, 11) is 8.28. The summed E-state index contributed by atoms with van der Waals surface area (Å²) < 4.78 is 35.8. The van der Waals surface area contributed by atoms with Crippen LogP contribution in [0.3, 0.4) is 0 Å². The molecule has 0 bridgehead atoms. The molecule has 4 aliphatic heterocycles. The predicted molar refractivity (Wildman–Crippen MR) is 514 cm³/mol. The molecule has 4 N–H and O–H groups in total. The van der Waals surface area contributed by atoms with Crippen LogP contribution in [0, 0.1) is 11.8 Å². The Morgan fingerprint density at radius 1 is 0.333 bits per heavy atom. The number of carboxylic acid groups (broad SMARTS) is 4. The number of carboxylic acids is 4. The molecule has 0 spiro atoms. The Balaban J connectivity index is 0.000000123. The van der Waals surface area contributed by atoms with Crippen LogP contribution in [0.5, 0.6) is 34.5 Å². The monoisotopic (exact) mass is 1770 g/mol. The standard InChI is InChI=1S/C28H30N2O4.C28H30N2O3.C27H28N2O4.C27H28N2O3/c1-30(22-6-9-24(10-7-22)34-18-19-2-3-19)23-8-11-25-20(13-15-33-27(25)16-23)4-5-21-17-29-14-12-26(21)28(31)32;1-30(23-8-4-20(5-9-23)16-19-2-3-19)24-10-11-25-21(13-15-33-27(25)17-24)6-7-22-18-29-14-12-26(22)28(31)32;1-29(20-4-7-22(8-5-20)33-23-9-10-23)21-6-11-24-18(13-15-32-26(24)16-21)2-3-19-17-28-14-12-25(19)27(30)31;1-29(22-8-6-19(7-9-22)18-2-3-18)23-10-11-24-20(13-15-32-26(24)16-23)4-5-21-17-28-14-12-25(21)27(30)31/h6-12,14,16-17,19-20H,2-5,13,15,18H2,1H3,(H,31,32);4-5,8-12,14,17-19,21H,2-3,6-7,13,15-16H2,1H3,(H,31,32);4-8,11-12,14,16-18,23H,2-3,9-10,13,15H2,1H3,(H,30,31);6-12,14,16-18,20H,2-5,13,15H2,1H3,(H,30,31)/t20-;21-;18-;20-/m1111/s1. The van der Waals surface area contributed by atoms with E-state index in [1.807, 2.05) is 24.3 Å². The Morgan fingerprint density at radius 3 is 0.924 bits per heavy atom. The van der Waals surface area contributed by atoms with Crippen LogP contribution < -0.4 is 48.0 Å². The second kappa shape index (κ2) is 42.0. The molecule has 8 heterocycles. The summed E-state index contributed by atoms with van der Waals surface area (Å²) in [5.74, 6) is 5.68. The van der Waals surface area contributed by atoms with Gasteiger partial charge in [0.05, 0.1) is 61.4 Å². The number of hydrogen-bond acceptors (Lipinski definition) is 18. The summed E-state index contributed by atoms with van der Waals surface area (Å²) in [6.45, 7) is 3.50. The van der Waals surface area contributed by atoms with Crippen molar-refractivity contribution in [2.24, 2.45) is 11.8 Å². The molecule has 132 heavy (non-hydrogen) atoms. The lowest BCUT2D eigenvalue weighted by atomic mass is 9.87. The summed E-state index contributed by atoms with van der Waals surface area (Å²) in [6, 6.07) is 66.2. The highest BCUT2D eigenvalue weighted by molar-refractivity contribution is 5.91. The number of benzene rings is 8. The summed E-state index contributed by atoms with van der Waals surface area (Å²) in [4.78, 5) is 71.2. The van der Waals surface area contributed by atoms with Gasteiger partial charge in [0, 0.05) is 148 Å². The minimum Gasteiger partial charge on any atom is -0.493 e. The van der Waals surface area contributed by atoms with Crippen molar-refractivity contribution in [3.63, 3.8) is 0 Å². The van der Waals surface area contributed by atoms with E-state index >= 15 is 0 Å². The van der Waals surface area contributed by atoms with E-state index in [1.54, 1.807) is 49.1 Å². The number of pyridine rings is 4. The Hall–Kier alpha value is -13.8. The second-order valence-corrected chi connectivity index (χ2v) is 36.2. The zero-order chi connectivity index (χ0) is 91.1. The fourth-order valence-electron chi connectivity index (χ4n) is 18.4. The summed E-state index contributed by atoms with van der Waals surface area (Å²) >= 11 is 0. The highest BCUT2D eigenvalue weighted by Gasteiger charge is 2.32. The molecule has 0 radical (unpaired) electrons. The molecule has 22 nitrogen and oxygen atoms in total. The first-order chi connectivity index (χ1) is 64.3. The normalized spacial score (nSPS) is 17.1. The Bertz CT molecular complexity index is 5840. The van der Waals surface area contributed by atoms with Crippen LogP contribution in [0.4, 0.5) is 45.5 Å². The van der Waals surface area contributed by atoms with E-state index in [0.717, 1.165) is 179 Å². The zero-order valence-corrected chi connectivity index (χ0v) is 75.5. The van der Waals surface area contributed by atoms with Crippen molar-refractivity contribution in [1.29, 1.82) is 0 Å². The molecule has 12 aromatic rings. The average molecular weight is 1770 g/mol. The van der Waals surface area contributed by atoms with Crippen molar-refractivity contribution in [3.8, 4) is 34.5 Å². The van der Waals surface area contributed by atoms with Gasteiger partial charge in [0.25, 0.3) is 0 Å². The highest BCUT2D eigenvalue weighted by atomic mass is 16.5. The van der Waals surface area contributed by atoms with Crippen LogP contribution >= 0.6 is 0 Å². The zero-order valence-electron chi connectivity index (χ0n) is 75.5. The predicted octanol–water partition coefficient (Wildman–Crippen LogP) is 23.3. The van der Waals surface area contributed by atoms with Crippen molar-refractivity contribution in [2.75, 3.05) is 80.8 Å². The lowest BCUT2D eigenvalue weighted by molar-refractivity contribution is 0.0684. The van der Waals surface area contributed by atoms with Gasteiger partial charge in [0.1, 0.15) is 34.5 Å². The Labute approximate surface area is 772 Å². The van der Waals surface area contributed by atoms with Gasteiger partial charge in [-0.2, -0.15) is 0 Å². The fraction of sp³-hybridized carbons (Fsp3) is 0.345. The molecule has 4 aliphatic carbocycles. The van der Waals surface area contributed by atoms with Gasteiger partial charge in [-0.1, -0.05) is 48.5 Å². The van der Waals surface area contributed by atoms with Crippen LogP contribution in [0.25, 0.3) is 0 Å². The van der Waals surface area contributed by atoms with Crippen molar-refractivity contribution < 1.29 is 68.0 Å². The smallest absolute Gasteiger partial charge is 0.336 e. The average Bonchev–Trinajstić information content (AvgIpc) is 1.37. The van der Waals surface area contributed by atoms with Gasteiger partial charge in [-0.05, 0) is 353 Å². The van der Waals surface area contributed by atoms with Gasteiger partial charge in [0.2, 0.25) is 0 Å². The minimum absolute atomic E-state index is 0.327. The van der Waals surface area contributed by atoms with Gasteiger partial charge >= 0.3 is 23.9 Å². The van der Waals surface area contributed by atoms with E-state index in [4.69, 9.17) is 28.4 Å². The topological polar surface area (TPSA) is 269 Å². The quantitative estimate of drug-likeness (QED) is 0.0305. The highest BCUT2D eigenvalue weighted by Crippen LogP contribution is 2.47. The molecule has 680 valence electrons. The third kappa shape index (κ3) is 23.0. The molecule has 8 aromatic carbocycles. The maximum absolute atomic E-state index is 11.5. The van der Waals surface area contributed by atoms with Crippen molar-refractivity contribution in [2.45, 2.75) is 171 Å². The number of carbonyl (C=O) groups is 4. The molecule has 4 aromatic heterocycles. The lowest BCUT2D eigenvalue weighted by Crippen LogP contribution is -2.17. The molecular formula is C110H116N8O14. The number of rotatable bonds is 32. The van der Waals surface area contributed by atoms with E-state index in [9.17, 15) is 39.6 Å². The third-order valence-electron chi connectivity index (χ3n) is 27.1. The number of fused-ring (bicyclic) bond motifs is 4. The molecule has 4 saturated carbocycles. The van der Waals surface area contributed by atoms with Gasteiger partial charge < -0.3 is 68.4 Å². The lowest BCUT2D eigenvalue weighted by Gasteiger charge is -2.28. The number of ether oxygens (including phenoxy) is 6. The van der Waals surface area contributed by atoms with Crippen LogP contribution in [0.2, 0.25) is 0 Å². The number of aromatic carboxylic acids is 4.